The summed E-state index contributed by atoms with van der Waals surface area (Å²) in [6.07, 6.45) is 7.44. The summed E-state index contributed by atoms with van der Waals surface area (Å²) in [5, 5.41) is 9.46. The minimum Gasteiger partial charge on any atom is -0.508 e. The molecule has 0 radical (unpaired) electrons. The standard InChI is InChI=1S/C16H25NO/c1-2-12-6-8-14(9-7-12)16(17)11-13-4-3-5-15(18)10-13/h3-5,10,12,14,16,18H,2,6-9,11,17H2,1H3. The molecule has 1 aliphatic rings. The average molecular weight is 247 g/mol. The fourth-order valence-corrected chi connectivity index (χ4v) is 3.15. The highest BCUT2D eigenvalue weighted by molar-refractivity contribution is 5.27. The number of hydrogen-bond donors (Lipinski definition) is 2. The highest BCUT2D eigenvalue weighted by atomic mass is 16.3. The monoisotopic (exact) mass is 247 g/mol. The molecule has 1 fully saturated rings. The quantitative estimate of drug-likeness (QED) is 0.855. The first-order valence-electron chi connectivity index (χ1n) is 7.22. The lowest BCUT2D eigenvalue weighted by Crippen LogP contribution is -2.34. The van der Waals surface area contributed by atoms with Crippen molar-refractivity contribution in [1.82, 2.24) is 0 Å². The van der Waals surface area contributed by atoms with Gasteiger partial charge in [0.15, 0.2) is 0 Å². The van der Waals surface area contributed by atoms with Gasteiger partial charge >= 0.3 is 0 Å². The van der Waals surface area contributed by atoms with Crippen LogP contribution in [0.25, 0.3) is 0 Å². The van der Waals surface area contributed by atoms with E-state index in [4.69, 9.17) is 5.73 Å². The van der Waals surface area contributed by atoms with Crippen LogP contribution in [0.4, 0.5) is 0 Å². The summed E-state index contributed by atoms with van der Waals surface area (Å²) in [7, 11) is 0. The Bertz CT molecular complexity index is 369. The minimum atomic E-state index is 0.240. The van der Waals surface area contributed by atoms with Gasteiger partial charge in [-0.15, -0.1) is 0 Å². The minimum absolute atomic E-state index is 0.240. The Morgan fingerprint density at radius 2 is 2.00 bits per heavy atom. The van der Waals surface area contributed by atoms with Crippen LogP contribution in [-0.4, -0.2) is 11.1 Å². The molecule has 0 saturated heterocycles. The van der Waals surface area contributed by atoms with Crippen molar-refractivity contribution in [1.29, 1.82) is 0 Å². The van der Waals surface area contributed by atoms with E-state index in [9.17, 15) is 5.11 Å². The van der Waals surface area contributed by atoms with E-state index >= 15 is 0 Å². The second kappa shape index (κ2) is 6.24. The highest BCUT2D eigenvalue weighted by Crippen LogP contribution is 2.32. The fourth-order valence-electron chi connectivity index (χ4n) is 3.15. The van der Waals surface area contributed by atoms with Gasteiger partial charge in [-0.1, -0.05) is 38.3 Å². The van der Waals surface area contributed by atoms with Gasteiger partial charge < -0.3 is 10.8 Å². The summed E-state index contributed by atoms with van der Waals surface area (Å²) in [5.74, 6) is 1.93. The molecule has 1 aromatic rings. The Labute approximate surface area is 110 Å². The van der Waals surface area contributed by atoms with Crippen LogP contribution in [0, 0.1) is 11.8 Å². The van der Waals surface area contributed by atoms with E-state index < -0.39 is 0 Å². The smallest absolute Gasteiger partial charge is 0.115 e. The van der Waals surface area contributed by atoms with Crippen molar-refractivity contribution >= 4 is 0 Å². The summed E-state index contributed by atoms with van der Waals surface area (Å²) in [5.41, 5.74) is 7.49. The van der Waals surface area contributed by atoms with Crippen LogP contribution in [0.15, 0.2) is 24.3 Å². The number of phenols is 1. The van der Waals surface area contributed by atoms with Crippen LogP contribution in [0.1, 0.15) is 44.6 Å². The molecule has 2 rings (SSSR count). The number of benzene rings is 1. The third-order valence-electron chi connectivity index (χ3n) is 4.46. The van der Waals surface area contributed by atoms with E-state index in [-0.39, 0.29) is 6.04 Å². The number of nitrogens with two attached hydrogens (primary N) is 1. The Balaban J connectivity index is 1.87. The molecule has 1 unspecified atom stereocenters. The van der Waals surface area contributed by atoms with E-state index in [0.29, 0.717) is 11.7 Å². The first kappa shape index (κ1) is 13.4. The molecule has 1 aliphatic carbocycles. The summed E-state index contributed by atoms with van der Waals surface area (Å²) in [6.45, 7) is 2.29. The van der Waals surface area contributed by atoms with Gasteiger partial charge in [0.1, 0.15) is 5.75 Å². The zero-order chi connectivity index (χ0) is 13.0. The summed E-state index contributed by atoms with van der Waals surface area (Å²) in [6, 6.07) is 7.73. The van der Waals surface area contributed by atoms with Gasteiger partial charge in [0.05, 0.1) is 0 Å². The highest BCUT2D eigenvalue weighted by Gasteiger charge is 2.24. The molecule has 0 amide bonds. The van der Waals surface area contributed by atoms with E-state index in [2.05, 4.69) is 13.0 Å². The van der Waals surface area contributed by atoms with Gasteiger partial charge in [-0.25, -0.2) is 0 Å². The summed E-state index contributed by atoms with van der Waals surface area (Å²) < 4.78 is 0. The van der Waals surface area contributed by atoms with E-state index in [0.717, 1.165) is 17.9 Å². The first-order chi connectivity index (χ1) is 8.69. The number of aromatic hydroxyl groups is 1. The van der Waals surface area contributed by atoms with Gasteiger partial charge in [0.2, 0.25) is 0 Å². The van der Waals surface area contributed by atoms with Gasteiger partial charge in [-0.3, -0.25) is 0 Å². The normalized spacial score (nSPS) is 25.9. The molecule has 1 saturated carbocycles. The topological polar surface area (TPSA) is 46.2 Å². The lowest BCUT2D eigenvalue weighted by atomic mass is 9.76. The van der Waals surface area contributed by atoms with Gasteiger partial charge in [-0.05, 0) is 48.8 Å². The molecule has 100 valence electrons. The lowest BCUT2D eigenvalue weighted by Gasteiger charge is -2.31. The number of phenolic OH excluding ortho intramolecular Hbond substituents is 1. The van der Waals surface area contributed by atoms with Gasteiger partial charge in [0, 0.05) is 6.04 Å². The van der Waals surface area contributed by atoms with Crippen molar-refractivity contribution in [3.05, 3.63) is 29.8 Å². The molecule has 3 N–H and O–H groups in total. The van der Waals surface area contributed by atoms with E-state index in [1.807, 2.05) is 12.1 Å². The van der Waals surface area contributed by atoms with Crippen molar-refractivity contribution in [2.45, 2.75) is 51.5 Å². The second-order valence-corrected chi connectivity index (χ2v) is 5.73. The summed E-state index contributed by atoms with van der Waals surface area (Å²) >= 11 is 0. The molecule has 0 spiro atoms. The lowest BCUT2D eigenvalue weighted by molar-refractivity contribution is 0.238. The third-order valence-corrected chi connectivity index (χ3v) is 4.46. The predicted molar refractivity (Wildman–Crippen MR) is 75.5 cm³/mol. The van der Waals surface area contributed by atoms with Crippen LogP contribution in [0.5, 0.6) is 5.75 Å². The van der Waals surface area contributed by atoms with E-state index in [1.165, 1.54) is 32.1 Å². The van der Waals surface area contributed by atoms with Gasteiger partial charge in [0.25, 0.3) is 0 Å². The number of hydrogen-bond acceptors (Lipinski definition) is 2. The zero-order valence-corrected chi connectivity index (χ0v) is 11.3. The first-order valence-corrected chi connectivity index (χ1v) is 7.22. The SMILES string of the molecule is CCC1CCC(C(N)Cc2cccc(O)c2)CC1. The van der Waals surface area contributed by atoms with Crippen molar-refractivity contribution in [3.8, 4) is 5.75 Å². The van der Waals surface area contributed by atoms with Crippen LogP contribution >= 0.6 is 0 Å². The molecular weight excluding hydrogens is 222 g/mol. The van der Waals surface area contributed by atoms with Crippen molar-refractivity contribution < 1.29 is 5.11 Å². The molecule has 2 nitrogen and oxygen atoms in total. The van der Waals surface area contributed by atoms with Crippen LogP contribution in [0.3, 0.4) is 0 Å². The Kier molecular flexibility index (Phi) is 4.65. The van der Waals surface area contributed by atoms with Gasteiger partial charge in [-0.2, -0.15) is 0 Å². The molecule has 0 aliphatic heterocycles. The molecule has 1 aromatic carbocycles. The van der Waals surface area contributed by atoms with Crippen LogP contribution in [0.2, 0.25) is 0 Å². The maximum Gasteiger partial charge on any atom is 0.115 e. The van der Waals surface area contributed by atoms with E-state index in [1.54, 1.807) is 6.07 Å². The van der Waals surface area contributed by atoms with Crippen molar-refractivity contribution in [3.63, 3.8) is 0 Å². The molecule has 0 aromatic heterocycles. The van der Waals surface area contributed by atoms with Crippen molar-refractivity contribution in [2.75, 3.05) is 0 Å². The second-order valence-electron chi connectivity index (χ2n) is 5.73. The van der Waals surface area contributed by atoms with Crippen LogP contribution in [-0.2, 0) is 6.42 Å². The largest absolute Gasteiger partial charge is 0.508 e. The Morgan fingerprint density at radius 3 is 2.61 bits per heavy atom. The van der Waals surface area contributed by atoms with Crippen LogP contribution < -0.4 is 5.73 Å². The molecule has 0 bridgehead atoms. The third kappa shape index (κ3) is 3.49. The number of rotatable bonds is 4. The zero-order valence-electron chi connectivity index (χ0n) is 11.3. The molecular formula is C16H25NO. The molecule has 0 heterocycles. The average Bonchev–Trinajstić information content (AvgIpc) is 2.39. The molecule has 2 heteroatoms. The predicted octanol–water partition coefficient (Wildman–Crippen LogP) is 3.48. The Morgan fingerprint density at radius 1 is 1.28 bits per heavy atom. The maximum atomic E-state index is 9.46. The fraction of sp³-hybridized carbons (Fsp3) is 0.625. The van der Waals surface area contributed by atoms with Crippen molar-refractivity contribution in [2.24, 2.45) is 17.6 Å². The molecule has 1 atom stereocenters. The Hall–Kier alpha value is -1.02. The summed E-state index contributed by atoms with van der Waals surface area (Å²) in [4.78, 5) is 0. The maximum absolute atomic E-state index is 9.46. The molecule has 18 heavy (non-hydrogen) atoms.